The lowest BCUT2D eigenvalue weighted by molar-refractivity contribution is -0.293. The van der Waals surface area contributed by atoms with Crippen molar-refractivity contribution in [1.82, 2.24) is 0 Å². The van der Waals surface area contributed by atoms with Crippen molar-refractivity contribution >= 4 is 5.90 Å². The van der Waals surface area contributed by atoms with E-state index in [2.05, 4.69) is 18.2 Å². The van der Waals surface area contributed by atoms with Crippen LogP contribution in [0.3, 0.4) is 0 Å². The van der Waals surface area contributed by atoms with Gasteiger partial charge in [-0.3, -0.25) is 5.41 Å². The Kier molecular flexibility index (Phi) is 4.39. The lowest BCUT2D eigenvalue weighted by Crippen LogP contribution is -2.58. The van der Waals surface area contributed by atoms with Gasteiger partial charge in [0.25, 0.3) is 0 Å². The molecule has 4 unspecified atom stereocenters. The van der Waals surface area contributed by atoms with Gasteiger partial charge >= 0.3 is 0 Å². The van der Waals surface area contributed by atoms with Gasteiger partial charge in [-0.05, 0) is 24.5 Å². The number of nitrogens with zero attached hydrogens (tertiary/aromatic N) is 3. The van der Waals surface area contributed by atoms with Crippen LogP contribution in [0.4, 0.5) is 0 Å². The third-order valence-electron chi connectivity index (χ3n) is 6.49. The summed E-state index contributed by atoms with van der Waals surface area (Å²) in [6.45, 7) is 3.72. The first-order valence-corrected chi connectivity index (χ1v) is 9.78. The van der Waals surface area contributed by atoms with Crippen molar-refractivity contribution in [2.75, 3.05) is 0 Å². The van der Waals surface area contributed by atoms with E-state index in [1.54, 1.807) is 12.1 Å². The Balaban J connectivity index is 2.10. The molecule has 2 aromatic carbocycles. The fourth-order valence-electron chi connectivity index (χ4n) is 5.06. The van der Waals surface area contributed by atoms with Crippen molar-refractivity contribution in [2.45, 2.75) is 32.2 Å². The number of aryl methyl sites for hydroxylation is 1. The van der Waals surface area contributed by atoms with Gasteiger partial charge in [0, 0.05) is 5.56 Å². The Morgan fingerprint density at radius 2 is 1.60 bits per heavy atom. The number of ether oxygens (including phenoxy) is 2. The molecule has 6 heteroatoms. The van der Waals surface area contributed by atoms with E-state index in [-0.39, 0.29) is 5.90 Å². The van der Waals surface area contributed by atoms with Gasteiger partial charge in [0.05, 0.1) is 24.1 Å². The van der Waals surface area contributed by atoms with Crippen LogP contribution in [0.25, 0.3) is 0 Å². The molecule has 4 atom stereocenters. The van der Waals surface area contributed by atoms with E-state index in [1.807, 2.05) is 56.3 Å². The Morgan fingerprint density at radius 3 is 2.17 bits per heavy atom. The van der Waals surface area contributed by atoms with Crippen LogP contribution in [0.5, 0.6) is 0 Å². The second-order valence-corrected chi connectivity index (χ2v) is 7.73. The fourth-order valence-corrected chi connectivity index (χ4v) is 5.06. The summed E-state index contributed by atoms with van der Waals surface area (Å²) in [5, 5.41) is 39.7. The number of nitrogens with one attached hydrogen (secondary N) is 1. The van der Waals surface area contributed by atoms with Crippen molar-refractivity contribution < 1.29 is 9.47 Å². The summed E-state index contributed by atoms with van der Waals surface area (Å²) in [6.07, 6.45) is -0.685. The van der Waals surface area contributed by atoms with Gasteiger partial charge in [0.2, 0.25) is 17.1 Å². The van der Waals surface area contributed by atoms with Crippen LogP contribution in [0.1, 0.15) is 36.1 Å². The molecule has 2 heterocycles. The fraction of sp³-hybridized carbons (Fsp3) is 0.333. The minimum atomic E-state index is -1.94. The number of fused-ring (bicyclic) bond motifs is 2. The molecule has 2 fully saturated rings. The summed E-state index contributed by atoms with van der Waals surface area (Å²) < 4.78 is 12.6. The molecule has 6 nitrogen and oxygen atoms in total. The van der Waals surface area contributed by atoms with Crippen molar-refractivity contribution in [2.24, 2.45) is 16.7 Å². The lowest BCUT2D eigenvalue weighted by atomic mass is 9.52. The Labute approximate surface area is 175 Å². The monoisotopic (exact) mass is 396 g/mol. The molecule has 4 rings (SSSR count). The molecule has 2 aliphatic heterocycles. The van der Waals surface area contributed by atoms with Crippen LogP contribution in [-0.2, 0) is 15.3 Å². The number of benzene rings is 2. The zero-order chi connectivity index (χ0) is 21.6. The molecule has 148 valence electrons. The van der Waals surface area contributed by atoms with Crippen LogP contribution in [-0.4, -0.2) is 5.90 Å². The Morgan fingerprint density at radius 1 is 0.967 bits per heavy atom. The number of hydrogen-bond acceptors (Lipinski definition) is 6. The summed E-state index contributed by atoms with van der Waals surface area (Å²) in [6, 6.07) is 22.9. The second kappa shape index (κ2) is 6.70. The zero-order valence-electron chi connectivity index (χ0n) is 16.7. The summed E-state index contributed by atoms with van der Waals surface area (Å²) in [5.74, 6) is -2.53. The highest BCUT2D eigenvalue weighted by molar-refractivity contribution is 5.89. The average Bonchev–Trinajstić information content (AvgIpc) is 2.99. The maximum Gasteiger partial charge on any atom is 0.244 e. The summed E-state index contributed by atoms with van der Waals surface area (Å²) in [4.78, 5) is 0. The predicted octanol–water partition coefficient (Wildman–Crippen LogP) is 4.50. The molecule has 30 heavy (non-hydrogen) atoms. The normalized spacial score (nSPS) is 31.1. The average molecular weight is 396 g/mol. The minimum absolute atomic E-state index is 0.385. The van der Waals surface area contributed by atoms with Crippen LogP contribution in [0.15, 0.2) is 54.6 Å². The first-order chi connectivity index (χ1) is 14.5. The van der Waals surface area contributed by atoms with Crippen LogP contribution < -0.4 is 0 Å². The molecule has 2 bridgehead atoms. The molecule has 2 aromatic rings. The largest absolute Gasteiger partial charge is 0.443 e. The molecule has 0 saturated carbocycles. The second-order valence-electron chi connectivity index (χ2n) is 7.73. The first kappa shape index (κ1) is 19.6. The van der Waals surface area contributed by atoms with E-state index in [0.717, 1.165) is 5.56 Å². The van der Waals surface area contributed by atoms with Crippen LogP contribution in [0.2, 0.25) is 0 Å². The molecule has 0 radical (unpaired) electrons. The van der Waals surface area contributed by atoms with Crippen molar-refractivity contribution in [3.63, 3.8) is 0 Å². The Hall–Kier alpha value is -3.66. The highest BCUT2D eigenvalue weighted by Crippen LogP contribution is 2.69. The van der Waals surface area contributed by atoms with Crippen molar-refractivity contribution in [1.29, 1.82) is 21.2 Å². The topological polar surface area (TPSA) is 114 Å². The summed E-state index contributed by atoms with van der Waals surface area (Å²) in [7, 11) is 0. The van der Waals surface area contributed by atoms with E-state index in [0.29, 0.717) is 17.5 Å². The van der Waals surface area contributed by atoms with Crippen molar-refractivity contribution in [3.05, 3.63) is 71.3 Å². The molecule has 0 amide bonds. The van der Waals surface area contributed by atoms with Gasteiger partial charge < -0.3 is 9.47 Å². The van der Waals surface area contributed by atoms with E-state index >= 15 is 0 Å². The third-order valence-corrected chi connectivity index (χ3v) is 6.49. The van der Waals surface area contributed by atoms with Crippen molar-refractivity contribution in [3.8, 4) is 18.2 Å². The maximum absolute atomic E-state index is 10.4. The SMILES string of the molecule is CCC1C2(c3ccccc3)OC(=N)C1(C#N)C(C#N)(C#N)C(c1ccccc1C)O2. The van der Waals surface area contributed by atoms with E-state index in [1.165, 1.54) is 0 Å². The van der Waals surface area contributed by atoms with Gasteiger partial charge in [-0.1, -0.05) is 61.5 Å². The number of nitriles is 3. The van der Waals surface area contributed by atoms with Crippen LogP contribution >= 0.6 is 0 Å². The predicted molar refractivity (Wildman–Crippen MR) is 107 cm³/mol. The highest BCUT2D eigenvalue weighted by Gasteiger charge is 2.80. The van der Waals surface area contributed by atoms with E-state index in [4.69, 9.17) is 14.9 Å². The molecule has 0 aliphatic carbocycles. The van der Waals surface area contributed by atoms with E-state index < -0.39 is 28.6 Å². The van der Waals surface area contributed by atoms with Gasteiger partial charge in [0.1, 0.15) is 6.10 Å². The molecule has 0 aromatic heterocycles. The molecular formula is C24H20N4O2. The summed E-state index contributed by atoms with van der Waals surface area (Å²) in [5.41, 5.74) is -1.60. The van der Waals surface area contributed by atoms with Gasteiger partial charge in [-0.25, -0.2) is 0 Å². The first-order valence-electron chi connectivity index (χ1n) is 9.78. The smallest absolute Gasteiger partial charge is 0.244 e. The quantitative estimate of drug-likeness (QED) is 0.820. The Bertz CT molecular complexity index is 1130. The third kappa shape index (κ3) is 2.11. The molecule has 2 saturated heterocycles. The van der Waals surface area contributed by atoms with Crippen LogP contribution in [0, 0.1) is 63.1 Å². The number of hydrogen-bond donors (Lipinski definition) is 1. The highest BCUT2D eigenvalue weighted by atomic mass is 16.7. The van der Waals surface area contributed by atoms with Gasteiger partial charge in [-0.2, -0.15) is 15.8 Å². The molecule has 0 spiro atoms. The van der Waals surface area contributed by atoms with Gasteiger partial charge in [-0.15, -0.1) is 0 Å². The zero-order valence-corrected chi connectivity index (χ0v) is 16.7. The molecule has 1 N–H and O–H groups in total. The molecule has 2 aliphatic rings. The summed E-state index contributed by atoms with van der Waals surface area (Å²) >= 11 is 0. The number of rotatable bonds is 3. The van der Waals surface area contributed by atoms with Gasteiger partial charge in [0.15, 0.2) is 5.41 Å². The maximum atomic E-state index is 10.4. The molecular weight excluding hydrogens is 376 g/mol. The standard InChI is InChI=1S/C24H20N4O2/c1-3-19-23(15-27)21(28)30-24(19,17-10-5-4-6-11-17)29-20(22(23,13-25)14-26)18-12-8-7-9-16(18)2/h4-12,19-20,28H,3H2,1-2H3. The lowest BCUT2D eigenvalue weighted by Gasteiger charge is -2.50. The minimum Gasteiger partial charge on any atom is -0.443 e. The van der Waals surface area contributed by atoms with E-state index in [9.17, 15) is 15.8 Å².